The molecular formula is C17H17ClN4. The minimum absolute atomic E-state index is 0.326. The number of hydrogen-bond donors (Lipinski definition) is 1. The lowest BCUT2D eigenvalue weighted by molar-refractivity contribution is 0.795. The Morgan fingerprint density at radius 3 is 2.68 bits per heavy atom. The van der Waals surface area contributed by atoms with Crippen molar-refractivity contribution in [2.75, 3.05) is 0 Å². The predicted molar refractivity (Wildman–Crippen MR) is 89.2 cm³/mol. The van der Waals surface area contributed by atoms with E-state index in [-0.39, 0.29) is 0 Å². The van der Waals surface area contributed by atoms with Crippen molar-refractivity contribution in [3.8, 4) is 16.9 Å². The van der Waals surface area contributed by atoms with Crippen LogP contribution in [0.5, 0.6) is 0 Å². The fourth-order valence-corrected chi connectivity index (χ4v) is 2.68. The maximum Gasteiger partial charge on any atom is 0.105 e. The van der Waals surface area contributed by atoms with Crippen molar-refractivity contribution in [3.05, 3.63) is 64.3 Å². The first-order valence-corrected chi connectivity index (χ1v) is 7.46. The van der Waals surface area contributed by atoms with E-state index in [4.69, 9.17) is 17.3 Å². The van der Waals surface area contributed by atoms with Gasteiger partial charge in [-0.1, -0.05) is 41.1 Å². The molecule has 0 saturated carbocycles. The molecule has 0 spiro atoms. The van der Waals surface area contributed by atoms with E-state index in [1.54, 1.807) is 0 Å². The van der Waals surface area contributed by atoms with Gasteiger partial charge in [-0.25, -0.2) is 4.68 Å². The SMILES string of the molecule is Cc1ccc(C)c(-n2nnc(CN)c2-c2cccc(Cl)c2)c1. The zero-order valence-corrected chi connectivity index (χ0v) is 13.3. The van der Waals surface area contributed by atoms with E-state index in [0.29, 0.717) is 11.6 Å². The molecule has 0 unspecified atom stereocenters. The second kappa shape index (κ2) is 5.91. The predicted octanol–water partition coefficient (Wildman–Crippen LogP) is 3.66. The molecule has 112 valence electrons. The summed E-state index contributed by atoms with van der Waals surface area (Å²) in [4.78, 5) is 0. The van der Waals surface area contributed by atoms with Crippen molar-refractivity contribution < 1.29 is 0 Å². The Kier molecular flexibility index (Phi) is 3.96. The van der Waals surface area contributed by atoms with Gasteiger partial charge >= 0.3 is 0 Å². The molecule has 0 atom stereocenters. The molecule has 22 heavy (non-hydrogen) atoms. The number of benzene rings is 2. The Hall–Kier alpha value is -2.17. The standard InChI is InChI=1S/C17H17ClN4/c1-11-6-7-12(2)16(8-11)22-17(15(10-19)20-21-22)13-4-3-5-14(18)9-13/h3-9H,10,19H2,1-2H3. The summed E-state index contributed by atoms with van der Waals surface area (Å²) in [6.07, 6.45) is 0. The van der Waals surface area contributed by atoms with Crippen LogP contribution in [0.2, 0.25) is 5.02 Å². The molecule has 0 aliphatic heterocycles. The van der Waals surface area contributed by atoms with Gasteiger partial charge in [-0.3, -0.25) is 0 Å². The Bertz CT molecular complexity index is 823. The Labute approximate surface area is 134 Å². The third-order valence-electron chi connectivity index (χ3n) is 3.62. The molecular weight excluding hydrogens is 296 g/mol. The number of hydrogen-bond acceptors (Lipinski definition) is 3. The minimum atomic E-state index is 0.326. The summed E-state index contributed by atoms with van der Waals surface area (Å²) in [5.74, 6) is 0. The zero-order chi connectivity index (χ0) is 15.7. The highest BCUT2D eigenvalue weighted by molar-refractivity contribution is 6.30. The highest BCUT2D eigenvalue weighted by atomic mass is 35.5. The molecule has 2 aromatic carbocycles. The molecule has 1 heterocycles. The molecule has 0 aliphatic carbocycles. The van der Waals surface area contributed by atoms with E-state index < -0.39 is 0 Å². The normalized spacial score (nSPS) is 10.9. The second-order valence-electron chi connectivity index (χ2n) is 5.30. The lowest BCUT2D eigenvalue weighted by Gasteiger charge is -2.11. The monoisotopic (exact) mass is 312 g/mol. The topological polar surface area (TPSA) is 56.7 Å². The summed E-state index contributed by atoms with van der Waals surface area (Å²) in [5, 5.41) is 9.22. The maximum atomic E-state index is 6.13. The van der Waals surface area contributed by atoms with Crippen molar-refractivity contribution in [1.82, 2.24) is 15.0 Å². The molecule has 1 aromatic heterocycles. The average Bonchev–Trinajstić information content (AvgIpc) is 2.93. The first-order chi connectivity index (χ1) is 10.6. The van der Waals surface area contributed by atoms with Gasteiger partial charge in [-0.15, -0.1) is 5.10 Å². The van der Waals surface area contributed by atoms with Gasteiger partial charge in [0.05, 0.1) is 11.4 Å². The average molecular weight is 313 g/mol. The lowest BCUT2D eigenvalue weighted by Crippen LogP contribution is -2.04. The van der Waals surface area contributed by atoms with Crippen LogP contribution >= 0.6 is 11.6 Å². The van der Waals surface area contributed by atoms with Crippen LogP contribution in [-0.4, -0.2) is 15.0 Å². The van der Waals surface area contributed by atoms with Gasteiger partial charge in [0.1, 0.15) is 5.69 Å². The van der Waals surface area contributed by atoms with Crippen LogP contribution in [0.15, 0.2) is 42.5 Å². The van der Waals surface area contributed by atoms with Gasteiger partial charge in [0.25, 0.3) is 0 Å². The number of nitrogens with two attached hydrogens (primary N) is 1. The molecule has 0 aliphatic rings. The van der Waals surface area contributed by atoms with Gasteiger partial charge in [-0.2, -0.15) is 0 Å². The fourth-order valence-electron chi connectivity index (χ4n) is 2.49. The summed E-state index contributed by atoms with van der Waals surface area (Å²) in [5.41, 5.74) is 11.7. The lowest BCUT2D eigenvalue weighted by atomic mass is 10.1. The number of nitrogens with zero attached hydrogens (tertiary/aromatic N) is 3. The Morgan fingerprint density at radius 1 is 1.14 bits per heavy atom. The van der Waals surface area contributed by atoms with Gasteiger partial charge in [0.2, 0.25) is 0 Å². The first-order valence-electron chi connectivity index (χ1n) is 7.08. The summed E-state index contributed by atoms with van der Waals surface area (Å²) in [6, 6.07) is 13.9. The van der Waals surface area contributed by atoms with E-state index >= 15 is 0 Å². The third-order valence-corrected chi connectivity index (χ3v) is 3.86. The van der Waals surface area contributed by atoms with E-state index in [0.717, 1.165) is 28.2 Å². The van der Waals surface area contributed by atoms with Gasteiger partial charge in [0, 0.05) is 17.1 Å². The largest absolute Gasteiger partial charge is 0.325 e. The maximum absolute atomic E-state index is 6.13. The number of aromatic nitrogens is 3. The van der Waals surface area contributed by atoms with E-state index in [2.05, 4.69) is 42.4 Å². The molecule has 2 N–H and O–H groups in total. The summed E-state index contributed by atoms with van der Waals surface area (Å²) < 4.78 is 1.84. The molecule has 0 radical (unpaired) electrons. The van der Waals surface area contributed by atoms with Crippen LogP contribution in [-0.2, 0) is 6.54 Å². The first kappa shape index (κ1) is 14.8. The van der Waals surface area contributed by atoms with Crippen LogP contribution < -0.4 is 5.73 Å². The molecule has 0 fully saturated rings. The van der Waals surface area contributed by atoms with Crippen LogP contribution in [0.1, 0.15) is 16.8 Å². The Balaban J connectivity index is 2.26. The zero-order valence-electron chi connectivity index (χ0n) is 12.5. The minimum Gasteiger partial charge on any atom is -0.325 e. The van der Waals surface area contributed by atoms with Crippen molar-refractivity contribution >= 4 is 11.6 Å². The van der Waals surface area contributed by atoms with Crippen LogP contribution in [0, 0.1) is 13.8 Å². The molecule has 5 heteroatoms. The van der Waals surface area contributed by atoms with Gasteiger partial charge < -0.3 is 5.73 Å². The van der Waals surface area contributed by atoms with Crippen molar-refractivity contribution in [1.29, 1.82) is 0 Å². The highest BCUT2D eigenvalue weighted by Gasteiger charge is 2.16. The summed E-state index contributed by atoms with van der Waals surface area (Å²) in [6.45, 7) is 4.44. The quantitative estimate of drug-likeness (QED) is 0.803. The summed E-state index contributed by atoms with van der Waals surface area (Å²) in [7, 11) is 0. The van der Waals surface area contributed by atoms with Crippen LogP contribution in [0.3, 0.4) is 0 Å². The highest BCUT2D eigenvalue weighted by Crippen LogP contribution is 2.28. The van der Waals surface area contributed by atoms with Crippen molar-refractivity contribution in [2.45, 2.75) is 20.4 Å². The molecule has 0 bridgehead atoms. The summed E-state index contributed by atoms with van der Waals surface area (Å²) >= 11 is 6.13. The van der Waals surface area contributed by atoms with E-state index in [1.807, 2.05) is 28.9 Å². The van der Waals surface area contributed by atoms with Crippen LogP contribution in [0.4, 0.5) is 0 Å². The smallest absolute Gasteiger partial charge is 0.105 e. The van der Waals surface area contributed by atoms with Crippen molar-refractivity contribution in [3.63, 3.8) is 0 Å². The molecule has 0 saturated heterocycles. The molecule has 3 rings (SSSR count). The van der Waals surface area contributed by atoms with E-state index in [1.165, 1.54) is 5.56 Å². The van der Waals surface area contributed by atoms with Gasteiger partial charge in [-0.05, 0) is 43.2 Å². The number of aryl methyl sites for hydroxylation is 2. The van der Waals surface area contributed by atoms with Crippen molar-refractivity contribution in [2.24, 2.45) is 5.73 Å². The van der Waals surface area contributed by atoms with E-state index in [9.17, 15) is 0 Å². The molecule has 4 nitrogen and oxygen atoms in total. The third kappa shape index (κ3) is 2.63. The van der Waals surface area contributed by atoms with Gasteiger partial charge in [0.15, 0.2) is 0 Å². The number of halogens is 1. The molecule has 3 aromatic rings. The second-order valence-corrected chi connectivity index (χ2v) is 5.74. The Morgan fingerprint density at radius 2 is 1.95 bits per heavy atom. The molecule has 0 amide bonds. The fraction of sp³-hybridized carbons (Fsp3) is 0.176. The number of rotatable bonds is 3. The van der Waals surface area contributed by atoms with Crippen LogP contribution in [0.25, 0.3) is 16.9 Å².